The van der Waals surface area contributed by atoms with Crippen LogP contribution in [0.3, 0.4) is 0 Å². The van der Waals surface area contributed by atoms with Gasteiger partial charge in [0.25, 0.3) is 5.91 Å². The predicted molar refractivity (Wildman–Crippen MR) is 72.5 cm³/mol. The smallest absolute Gasteiger partial charge is 0.251 e. The van der Waals surface area contributed by atoms with Crippen LogP contribution in [-0.4, -0.2) is 63.6 Å². The Morgan fingerprint density at radius 2 is 2.19 bits per heavy atom. The molecule has 7 nitrogen and oxygen atoms in total. The molecule has 3 saturated heterocycles. The Bertz CT molecular complexity index is 514. The van der Waals surface area contributed by atoms with Crippen molar-refractivity contribution < 1.29 is 14.3 Å². The molecular weight excluding hydrogens is 272 g/mol. The highest BCUT2D eigenvalue weighted by Gasteiger charge is 2.48. The van der Waals surface area contributed by atoms with Crippen LogP contribution in [-0.2, 0) is 14.3 Å². The highest BCUT2D eigenvalue weighted by molar-refractivity contribution is 5.81. The Labute approximate surface area is 123 Å². The zero-order valence-electron chi connectivity index (χ0n) is 12.0. The number of aromatic nitrogens is 3. The van der Waals surface area contributed by atoms with Crippen LogP contribution < -0.4 is 0 Å². The van der Waals surface area contributed by atoms with Gasteiger partial charge in [-0.3, -0.25) is 4.79 Å². The molecule has 0 N–H and O–H groups in total. The minimum atomic E-state index is -0.227. The Balaban J connectivity index is 1.40. The molecule has 114 valence electrons. The van der Waals surface area contributed by atoms with E-state index < -0.39 is 0 Å². The zero-order valence-corrected chi connectivity index (χ0v) is 12.0. The molecule has 1 aromatic rings. The summed E-state index contributed by atoms with van der Waals surface area (Å²) in [7, 11) is 0. The first-order valence-corrected chi connectivity index (χ1v) is 7.64. The summed E-state index contributed by atoms with van der Waals surface area (Å²) >= 11 is 0. The van der Waals surface area contributed by atoms with Gasteiger partial charge in [-0.1, -0.05) is 0 Å². The van der Waals surface area contributed by atoms with Crippen molar-refractivity contribution >= 4 is 5.91 Å². The third-order valence-electron chi connectivity index (χ3n) is 4.88. The first kappa shape index (κ1) is 13.2. The quantitative estimate of drug-likeness (QED) is 0.788. The van der Waals surface area contributed by atoms with Crippen LogP contribution in [0.4, 0.5) is 0 Å². The number of amides is 1. The average molecular weight is 292 g/mol. The van der Waals surface area contributed by atoms with E-state index in [9.17, 15) is 4.79 Å². The molecule has 1 spiro atoms. The molecule has 3 fully saturated rings. The Hall–Kier alpha value is -1.47. The van der Waals surface area contributed by atoms with Crippen molar-refractivity contribution in [3.05, 3.63) is 12.7 Å². The molecule has 0 aliphatic carbocycles. The summed E-state index contributed by atoms with van der Waals surface area (Å²) in [5, 5.41) is 7.71. The van der Waals surface area contributed by atoms with Crippen LogP contribution in [0.2, 0.25) is 0 Å². The molecule has 4 rings (SSSR count). The van der Waals surface area contributed by atoms with Gasteiger partial charge in [0.15, 0.2) is 0 Å². The summed E-state index contributed by atoms with van der Waals surface area (Å²) in [6.07, 6.45) is 6.91. The second-order valence-electron chi connectivity index (χ2n) is 6.27. The maximum Gasteiger partial charge on any atom is 0.251 e. The molecule has 0 aromatic carbocycles. The lowest BCUT2D eigenvalue weighted by Crippen LogP contribution is -2.40. The van der Waals surface area contributed by atoms with Gasteiger partial charge >= 0.3 is 0 Å². The van der Waals surface area contributed by atoms with Crippen LogP contribution in [0, 0.1) is 0 Å². The molecule has 7 heteroatoms. The average Bonchev–Trinajstić information content (AvgIpc) is 3.29. The fourth-order valence-electron chi connectivity index (χ4n) is 3.70. The Morgan fingerprint density at radius 3 is 2.95 bits per heavy atom. The number of ether oxygens (including phenoxy) is 2. The Morgan fingerprint density at radius 1 is 1.33 bits per heavy atom. The number of carbonyl (C=O) groups excluding carboxylic acids is 1. The number of hydrogen-bond acceptors (Lipinski definition) is 5. The van der Waals surface area contributed by atoms with Crippen molar-refractivity contribution in [2.75, 3.05) is 26.3 Å². The summed E-state index contributed by atoms with van der Waals surface area (Å²) in [6, 6.07) is 0.276. The summed E-state index contributed by atoms with van der Waals surface area (Å²) in [5.74, 6) is 0.140. The molecule has 1 aromatic heterocycles. The highest BCUT2D eigenvalue weighted by Crippen LogP contribution is 2.40. The molecule has 3 atom stereocenters. The molecule has 0 radical (unpaired) electrons. The van der Waals surface area contributed by atoms with E-state index in [1.54, 1.807) is 12.7 Å². The molecule has 0 saturated carbocycles. The summed E-state index contributed by atoms with van der Waals surface area (Å²) in [4.78, 5) is 14.3. The molecule has 3 aliphatic heterocycles. The molecule has 21 heavy (non-hydrogen) atoms. The second-order valence-corrected chi connectivity index (χ2v) is 6.27. The van der Waals surface area contributed by atoms with E-state index in [-0.39, 0.29) is 23.7 Å². The lowest BCUT2D eigenvalue weighted by atomic mass is 9.97. The summed E-state index contributed by atoms with van der Waals surface area (Å²) < 4.78 is 13.6. The van der Waals surface area contributed by atoms with Crippen molar-refractivity contribution in [1.82, 2.24) is 19.7 Å². The highest BCUT2D eigenvalue weighted by atomic mass is 16.5. The molecular formula is C14H20N4O3. The SMILES string of the molecule is O=C([C@H]1CCCO1)N1CC[C@@]2(C[C@H](n3cnnc3)CO2)C1. The van der Waals surface area contributed by atoms with Crippen LogP contribution in [0.15, 0.2) is 12.7 Å². The first-order valence-electron chi connectivity index (χ1n) is 7.64. The van der Waals surface area contributed by atoms with Crippen molar-refractivity contribution in [1.29, 1.82) is 0 Å². The van der Waals surface area contributed by atoms with E-state index in [2.05, 4.69) is 10.2 Å². The minimum absolute atomic E-state index is 0.140. The third-order valence-corrected chi connectivity index (χ3v) is 4.88. The maximum absolute atomic E-state index is 12.4. The van der Waals surface area contributed by atoms with Gasteiger partial charge in [0.2, 0.25) is 0 Å². The monoisotopic (exact) mass is 292 g/mol. The van der Waals surface area contributed by atoms with Gasteiger partial charge in [0.1, 0.15) is 18.8 Å². The van der Waals surface area contributed by atoms with E-state index in [1.807, 2.05) is 9.47 Å². The van der Waals surface area contributed by atoms with Crippen molar-refractivity contribution in [2.24, 2.45) is 0 Å². The Kier molecular flexibility index (Phi) is 3.19. The lowest BCUT2D eigenvalue weighted by Gasteiger charge is -2.24. The van der Waals surface area contributed by atoms with Crippen molar-refractivity contribution in [3.8, 4) is 0 Å². The first-order chi connectivity index (χ1) is 10.3. The number of hydrogen-bond donors (Lipinski definition) is 0. The summed E-state index contributed by atoms with van der Waals surface area (Å²) in [6.45, 7) is 2.83. The topological polar surface area (TPSA) is 69.5 Å². The number of likely N-dealkylation sites (tertiary alicyclic amines) is 1. The second kappa shape index (κ2) is 5.06. The molecule has 0 unspecified atom stereocenters. The van der Waals surface area contributed by atoms with Gasteiger partial charge < -0.3 is 18.9 Å². The van der Waals surface area contributed by atoms with Crippen LogP contribution in [0.1, 0.15) is 31.7 Å². The van der Waals surface area contributed by atoms with E-state index in [0.717, 1.165) is 32.2 Å². The van der Waals surface area contributed by atoms with E-state index in [0.29, 0.717) is 19.8 Å². The normalized spacial score (nSPS) is 35.9. The van der Waals surface area contributed by atoms with Crippen LogP contribution in [0.25, 0.3) is 0 Å². The van der Waals surface area contributed by atoms with Gasteiger partial charge in [0.05, 0.1) is 18.2 Å². The third kappa shape index (κ3) is 2.34. The lowest BCUT2D eigenvalue weighted by molar-refractivity contribution is -0.140. The van der Waals surface area contributed by atoms with Crippen LogP contribution >= 0.6 is 0 Å². The molecule has 0 bridgehead atoms. The van der Waals surface area contributed by atoms with Gasteiger partial charge in [-0.25, -0.2) is 0 Å². The zero-order chi connectivity index (χ0) is 14.3. The largest absolute Gasteiger partial charge is 0.371 e. The van der Waals surface area contributed by atoms with Crippen molar-refractivity contribution in [2.45, 2.75) is 43.4 Å². The fraction of sp³-hybridized carbons (Fsp3) is 0.786. The van der Waals surface area contributed by atoms with Crippen molar-refractivity contribution in [3.63, 3.8) is 0 Å². The van der Waals surface area contributed by atoms with E-state index in [1.165, 1.54) is 0 Å². The fourth-order valence-corrected chi connectivity index (χ4v) is 3.70. The van der Waals surface area contributed by atoms with Gasteiger partial charge in [0, 0.05) is 26.1 Å². The predicted octanol–water partition coefficient (Wildman–Crippen LogP) is 0.390. The summed E-state index contributed by atoms with van der Waals surface area (Å²) in [5.41, 5.74) is -0.191. The maximum atomic E-state index is 12.4. The van der Waals surface area contributed by atoms with E-state index >= 15 is 0 Å². The number of carbonyl (C=O) groups is 1. The molecule has 4 heterocycles. The molecule has 1 amide bonds. The van der Waals surface area contributed by atoms with Gasteiger partial charge in [-0.05, 0) is 19.3 Å². The standard InChI is InChI=1S/C14H20N4O3/c19-13(12-2-1-5-20-12)17-4-3-14(8-17)6-11(7-21-14)18-9-15-16-10-18/h9-12H,1-8H2/t11-,12+,14+/m0/s1. The van der Waals surface area contributed by atoms with Gasteiger partial charge in [-0.2, -0.15) is 0 Å². The number of rotatable bonds is 2. The van der Waals surface area contributed by atoms with Crippen LogP contribution in [0.5, 0.6) is 0 Å². The van der Waals surface area contributed by atoms with E-state index in [4.69, 9.17) is 9.47 Å². The van der Waals surface area contributed by atoms with Gasteiger partial charge in [-0.15, -0.1) is 10.2 Å². The molecule has 3 aliphatic rings. The minimum Gasteiger partial charge on any atom is -0.371 e. The number of nitrogens with zero attached hydrogens (tertiary/aromatic N) is 4.